The lowest BCUT2D eigenvalue weighted by atomic mass is 10.0. The largest absolute Gasteiger partial charge is 0.366 e. The van der Waals surface area contributed by atoms with E-state index < -0.39 is 0 Å². The Morgan fingerprint density at radius 3 is 2.29 bits per heavy atom. The summed E-state index contributed by atoms with van der Waals surface area (Å²) in [4.78, 5) is 10.9. The van der Waals surface area contributed by atoms with Gasteiger partial charge in [-0.1, -0.05) is 38.8 Å². The highest BCUT2D eigenvalue weighted by Crippen LogP contribution is 2.07. The summed E-state index contributed by atoms with van der Waals surface area (Å²) >= 11 is 0. The van der Waals surface area contributed by atoms with Crippen LogP contribution in [0.1, 0.15) is 42.6 Å². The van der Waals surface area contributed by atoms with Gasteiger partial charge in [0, 0.05) is 12.1 Å². The van der Waals surface area contributed by atoms with Crippen molar-refractivity contribution < 1.29 is 4.79 Å². The first kappa shape index (κ1) is 13.7. The Balaban J connectivity index is 2.39. The van der Waals surface area contributed by atoms with Crippen molar-refractivity contribution in [3.05, 3.63) is 35.4 Å². The summed E-state index contributed by atoms with van der Waals surface area (Å²) in [6, 6.07) is 7.44. The number of carbonyl (C=O) groups is 1. The lowest BCUT2D eigenvalue weighted by Crippen LogP contribution is -2.21. The molecule has 17 heavy (non-hydrogen) atoms. The predicted molar refractivity (Wildman–Crippen MR) is 70.7 cm³/mol. The second-order valence-electron chi connectivity index (χ2n) is 4.37. The van der Waals surface area contributed by atoms with Crippen molar-refractivity contribution in [3.8, 4) is 0 Å². The molecule has 1 amide bonds. The van der Waals surface area contributed by atoms with Crippen molar-refractivity contribution in [2.45, 2.75) is 33.2 Å². The Bertz CT molecular complexity index is 342. The second kappa shape index (κ2) is 7.07. The zero-order chi connectivity index (χ0) is 12.7. The van der Waals surface area contributed by atoms with Crippen molar-refractivity contribution in [2.75, 3.05) is 6.54 Å². The summed E-state index contributed by atoms with van der Waals surface area (Å²) in [7, 11) is 0. The highest BCUT2D eigenvalue weighted by atomic mass is 16.1. The quantitative estimate of drug-likeness (QED) is 0.760. The average Bonchev–Trinajstić information content (AvgIpc) is 2.35. The Hall–Kier alpha value is -1.35. The lowest BCUT2D eigenvalue weighted by Gasteiger charge is -2.13. The summed E-state index contributed by atoms with van der Waals surface area (Å²) in [5.74, 6) is 0.376. The molecule has 94 valence electrons. The number of primary amides is 1. The molecule has 3 heteroatoms. The van der Waals surface area contributed by atoms with Crippen LogP contribution < -0.4 is 11.1 Å². The van der Waals surface area contributed by atoms with E-state index in [1.807, 2.05) is 12.1 Å². The molecule has 1 rings (SSSR count). The molecule has 3 N–H and O–H groups in total. The average molecular weight is 234 g/mol. The molecule has 0 spiro atoms. The van der Waals surface area contributed by atoms with Crippen LogP contribution in [0.4, 0.5) is 0 Å². The normalized spacial score (nSPS) is 10.8. The number of amides is 1. The van der Waals surface area contributed by atoms with Gasteiger partial charge < -0.3 is 11.1 Å². The minimum atomic E-state index is -0.374. The van der Waals surface area contributed by atoms with Crippen molar-refractivity contribution >= 4 is 5.91 Å². The molecule has 0 aliphatic heterocycles. The van der Waals surface area contributed by atoms with Gasteiger partial charge in [0.05, 0.1) is 0 Å². The SMILES string of the molecule is CCC(CC)CNCc1ccc(C(N)=O)cc1. The van der Waals surface area contributed by atoms with E-state index in [2.05, 4.69) is 19.2 Å². The third kappa shape index (κ3) is 4.57. The van der Waals surface area contributed by atoms with Gasteiger partial charge in [0.15, 0.2) is 0 Å². The van der Waals surface area contributed by atoms with Crippen LogP contribution in [0.15, 0.2) is 24.3 Å². The van der Waals surface area contributed by atoms with E-state index in [1.165, 1.54) is 18.4 Å². The van der Waals surface area contributed by atoms with Crippen LogP contribution in [0.5, 0.6) is 0 Å². The summed E-state index contributed by atoms with van der Waals surface area (Å²) in [6.07, 6.45) is 2.42. The van der Waals surface area contributed by atoms with E-state index in [9.17, 15) is 4.79 Å². The van der Waals surface area contributed by atoms with Crippen LogP contribution in [-0.2, 0) is 6.54 Å². The number of benzene rings is 1. The molecule has 0 aromatic heterocycles. The van der Waals surface area contributed by atoms with Crippen LogP contribution in [0.2, 0.25) is 0 Å². The second-order valence-corrected chi connectivity index (χ2v) is 4.37. The number of rotatable bonds is 7. The highest BCUT2D eigenvalue weighted by molar-refractivity contribution is 5.92. The van der Waals surface area contributed by atoms with Crippen molar-refractivity contribution in [3.63, 3.8) is 0 Å². The van der Waals surface area contributed by atoms with Crippen molar-refractivity contribution in [1.82, 2.24) is 5.32 Å². The Morgan fingerprint density at radius 1 is 1.24 bits per heavy atom. The highest BCUT2D eigenvalue weighted by Gasteiger charge is 2.03. The van der Waals surface area contributed by atoms with Crippen molar-refractivity contribution in [2.24, 2.45) is 11.7 Å². The van der Waals surface area contributed by atoms with Crippen LogP contribution >= 0.6 is 0 Å². The first-order chi connectivity index (χ1) is 8.17. The third-order valence-corrected chi connectivity index (χ3v) is 3.16. The van der Waals surface area contributed by atoms with Crippen LogP contribution in [0, 0.1) is 5.92 Å². The first-order valence-corrected chi connectivity index (χ1v) is 6.26. The molecule has 0 radical (unpaired) electrons. The van der Waals surface area contributed by atoms with Gasteiger partial charge in [0.25, 0.3) is 0 Å². The fourth-order valence-corrected chi connectivity index (χ4v) is 1.78. The van der Waals surface area contributed by atoms with Crippen LogP contribution in [0.3, 0.4) is 0 Å². The summed E-state index contributed by atoms with van der Waals surface area (Å²) < 4.78 is 0. The molecule has 3 nitrogen and oxygen atoms in total. The Kier molecular flexibility index (Phi) is 5.70. The lowest BCUT2D eigenvalue weighted by molar-refractivity contribution is 0.100. The maximum atomic E-state index is 10.9. The molecular formula is C14H22N2O. The van der Waals surface area contributed by atoms with Crippen molar-refractivity contribution in [1.29, 1.82) is 0 Å². The molecule has 0 saturated heterocycles. The number of hydrogen-bond acceptors (Lipinski definition) is 2. The molecule has 0 fully saturated rings. The molecule has 0 aliphatic rings. The van der Waals surface area contributed by atoms with Gasteiger partial charge in [-0.3, -0.25) is 4.79 Å². The van der Waals surface area contributed by atoms with E-state index in [0.29, 0.717) is 5.56 Å². The number of nitrogens with two attached hydrogens (primary N) is 1. The van der Waals surface area contributed by atoms with Gasteiger partial charge in [-0.05, 0) is 30.2 Å². The summed E-state index contributed by atoms with van der Waals surface area (Å²) in [5.41, 5.74) is 6.93. The van der Waals surface area contributed by atoms with Gasteiger partial charge in [0.2, 0.25) is 5.91 Å². The number of nitrogens with one attached hydrogen (secondary N) is 1. The standard InChI is InChI=1S/C14H22N2O/c1-3-11(4-2)9-16-10-12-5-7-13(8-6-12)14(15)17/h5-8,11,16H,3-4,9-10H2,1-2H3,(H2,15,17). The maximum Gasteiger partial charge on any atom is 0.248 e. The van der Waals surface area contributed by atoms with Crippen LogP contribution in [0.25, 0.3) is 0 Å². The summed E-state index contributed by atoms with van der Waals surface area (Å²) in [6.45, 7) is 6.33. The van der Waals surface area contributed by atoms with Gasteiger partial charge in [-0.15, -0.1) is 0 Å². The predicted octanol–water partition coefficient (Wildman–Crippen LogP) is 2.31. The smallest absolute Gasteiger partial charge is 0.248 e. The minimum absolute atomic E-state index is 0.374. The Morgan fingerprint density at radius 2 is 1.82 bits per heavy atom. The molecule has 0 heterocycles. The molecule has 0 aliphatic carbocycles. The van der Waals surface area contributed by atoms with Gasteiger partial charge in [-0.2, -0.15) is 0 Å². The maximum absolute atomic E-state index is 10.9. The molecule has 1 aromatic rings. The monoisotopic (exact) mass is 234 g/mol. The third-order valence-electron chi connectivity index (χ3n) is 3.16. The van der Waals surface area contributed by atoms with Gasteiger partial charge in [-0.25, -0.2) is 0 Å². The van der Waals surface area contributed by atoms with E-state index in [4.69, 9.17) is 5.73 Å². The van der Waals surface area contributed by atoms with Gasteiger partial charge in [0.1, 0.15) is 0 Å². The first-order valence-electron chi connectivity index (χ1n) is 6.26. The molecule has 1 aromatic carbocycles. The zero-order valence-electron chi connectivity index (χ0n) is 10.7. The molecule has 0 unspecified atom stereocenters. The molecule has 0 atom stereocenters. The van der Waals surface area contributed by atoms with E-state index in [1.54, 1.807) is 12.1 Å². The van der Waals surface area contributed by atoms with E-state index in [0.717, 1.165) is 19.0 Å². The minimum Gasteiger partial charge on any atom is -0.366 e. The van der Waals surface area contributed by atoms with Crippen LogP contribution in [-0.4, -0.2) is 12.5 Å². The molecular weight excluding hydrogens is 212 g/mol. The van der Waals surface area contributed by atoms with Gasteiger partial charge >= 0.3 is 0 Å². The number of carbonyl (C=O) groups excluding carboxylic acids is 1. The fraction of sp³-hybridized carbons (Fsp3) is 0.500. The molecule has 0 saturated carbocycles. The number of hydrogen-bond donors (Lipinski definition) is 2. The summed E-state index contributed by atoms with van der Waals surface area (Å²) in [5, 5.41) is 3.44. The molecule has 0 bridgehead atoms. The van der Waals surface area contributed by atoms with E-state index in [-0.39, 0.29) is 5.91 Å². The van der Waals surface area contributed by atoms with E-state index >= 15 is 0 Å². The topological polar surface area (TPSA) is 55.1 Å². The Labute approximate surface area is 103 Å². The zero-order valence-corrected chi connectivity index (χ0v) is 10.7. The fourth-order valence-electron chi connectivity index (χ4n) is 1.78.